The molecule has 0 spiro atoms. The number of carbonyl (C=O) groups is 1. The molecule has 1 heterocycles. The molecule has 0 saturated heterocycles. The van der Waals surface area contributed by atoms with Crippen LogP contribution in [0.3, 0.4) is 0 Å². The van der Waals surface area contributed by atoms with Crippen molar-refractivity contribution >= 4 is 45.9 Å². The quantitative estimate of drug-likeness (QED) is 0.439. The summed E-state index contributed by atoms with van der Waals surface area (Å²) >= 11 is 6.81. The van der Waals surface area contributed by atoms with E-state index in [0.717, 1.165) is 23.6 Å². The zero-order chi connectivity index (χ0) is 16.3. The van der Waals surface area contributed by atoms with Crippen LogP contribution in [-0.2, 0) is 0 Å². The molecule has 22 heavy (non-hydrogen) atoms. The highest BCUT2D eigenvalue weighted by molar-refractivity contribution is 7.13. The number of nitrogens with one attached hydrogen (secondary N) is 1. The Hall–Kier alpha value is -2.72. The minimum absolute atomic E-state index is 0.0164. The van der Waals surface area contributed by atoms with Gasteiger partial charge >= 0.3 is 5.69 Å². The number of nitro benzene ring substituents is 1. The number of thiazole rings is 1. The number of phenolic OH excluding ortho intramolecular Hbond substituents is 1. The van der Waals surface area contributed by atoms with Gasteiger partial charge in [0.25, 0.3) is 5.91 Å². The molecule has 4 N–H and O–H groups in total. The largest absolute Gasteiger partial charge is 0.502 e. The Balaban J connectivity index is 2.17. The second-order valence-corrected chi connectivity index (χ2v) is 5.22. The number of aromatic nitrogens is 1. The second-order valence-electron chi connectivity index (χ2n) is 3.89. The monoisotopic (exact) mass is 341 g/mol. The normalized spacial score (nSPS) is 10.8. The molecule has 0 aliphatic heterocycles. The minimum atomic E-state index is -0.783. The molecule has 0 aliphatic carbocycles. The summed E-state index contributed by atoms with van der Waals surface area (Å²) in [6.07, 6.45) is 1.03. The fourth-order valence-electron chi connectivity index (χ4n) is 1.45. The fourth-order valence-corrected chi connectivity index (χ4v) is 2.22. The van der Waals surface area contributed by atoms with Gasteiger partial charge in [0.2, 0.25) is 5.75 Å². The molecule has 9 nitrogen and oxygen atoms in total. The van der Waals surface area contributed by atoms with Crippen LogP contribution in [-0.4, -0.2) is 27.1 Å². The third-order valence-corrected chi connectivity index (χ3v) is 3.30. The number of carbonyl (C=O) groups excluding carboxylic acids is 1. The van der Waals surface area contributed by atoms with E-state index < -0.39 is 22.3 Å². The zero-order valence-electron chi connectivity index (χ0n) is 10.7. The maximum absolute atomic E-state index is 11.6. The summed E-state index contributed by atoms with van der Waals surface area (Å²) in [6.45, 7) is 0. The number of nitrogens with zero attached hydrogens (tertiary/aromatic N) is 3. The average molecular weight is 342 g/mol. The van der Waals surface area contributed by atoms with Crippen molar-refractivity contribution in [1.29, 1.82) is 0 Å². The highest BCUT2D eigenvalue weighted by Gasteiger charge is 2.17. The van der Waals surface area contributed by atoms with Gasteiger partial charge in [0.05, 0.1) is 11.1 Å². The first-order chi connectivity index (χ1) is 10.4. The van der Waals surface area contributed by atoms with Crippen LogP contribution in [0.4, 0.5) is 10.8 Å². The van der Waals surface area contributed by atoms with Crippen LogP contribution < -0.4 is 11.2 Å². The topological polar surface area (TPSA) is 144 Å². The predicted octanol–water partition coefficient (Wildman–Crippen LogP) is 1.76. The number of rotatable bonds is 4. The molecule has 114 valence electrons. The number of hydrogen-bond donors (Lipinski definition) is 3. The molecule has 2 rings (SSSR count). The summed E-state index contributed by atoms with van der Waals surface area (Å²) in [5, 5.41) is 25.8. The zero-order valence-corrected chi connectivity index (χ0v) is 12.3. The molecule has 2 aromatic rings. The molecule has 0 unspecified atom stereocenters. The van der Waals surface area contributed by atoms with E-state index in [1.165, 1.54) is 11.4 Å². The second kappa shape index (κ2) is 6.37. The summed E-state index contributed by atoms with van der Waals surface area (Å²) in [6, 6.07) is 2.27. The van der Waals surface area contributed by atoms with Gasteiger partial charge in [-0.3, -0.25) is 14.9 Å². The van der Waals surface area contributed by atoms with Crippen LogP contribution in [0.2, 0.25) is 5.02 Å². The van der Waals surface area contributed by atoms with E-state index in [1.807, 2.05) is 0 Å². The number of nitrogen functional groups attached to an aromatic ring is 1. The van der Waals surface area contributed by atoms with E-state index in [4.69, 9.17) is 17.3 Å². The smallest absolute Gasteiger partial charge is 0.312 e. The Morgan fingerprint density at radius 2 is 2.32 bits per heavy atom. The first-order valence-corrected chi connectivity index (χ1v) is 6.85. The van der Waals surface area contributed by atoms with Gasteiger partial charge in [0.1, 0.15) is 5.69 Å². The van der Waals surface area contributed by atoms with Gasteiger partial charge in [-0.1, -0.05) is 11.6 Å². The van der Waals surface area contributed by atoms with E-state index in [1.54, 1.807) is 0 Å². The van der Waals surface area contributed by atoms with Crippen molar-refractivity contribution in [2.24, 2.45) is 5.10 Å². The molecule has 0 atom stereocenters. The number of phenols is 1. The maximum atomic E-state index is 11.6. The Bertz CT molecular complexity index is 776. The number of nitrogens with two attached hydrogens (primary N) is 1. The third-order valence-electron chi connectivity index (χ3n) is 2.41. The number of aromatic hydroxyl groups is 1. The average Bonchev–Trinajstić information content (AvgIpc) is 2.88. The van der Waals surface area contributed by atoms with Gasteiger partial charge < -0.3 is 10.8 Å². The lowest BCUT2D eigenvalue weighted by atomic mass is 10.2. The van der Waals surface area contributed by atoms with Crippen LogP contribution in [0.5, 0.6) is 5.75 Å². The maximum Gasteiger partial charge on any atom is 0.312 e. The standard InChI is InChI=1S/C11H8ClN5O4S/c12-6-1-5(9(18)8(2-6)17(20)21)3-14-16-10(19)7-4-22-11(13)15-7/h1-4,18H,(H2,13,15)(H,16,19)/b14-3+. The molecule has 0 saturated carbocycles. The molecule has 11 heteroatoms. The van der Waals surface area contributed by atoms with Crippen LogP contribution in [0.25, 0.3) is 0 Å². The van der Waals surface area contributed by atoms with Gasteiger partial charge in [-0.2, -0.15) is 5.10 Å². The molecular formula is C11H8ClN5O4S. The summed E-state index contributed by atoms with van der Waals surface area (Å²) < 4.78 is 0. The van der Waals surface area contributed by atoms with E-state index >= 15 is 0 Å². The highest BCUT2D eigenvalue weighted by atomic mass is 35.5. The van der Waals surface area contributed by atoms with E-state index in [2.05, 4.69) is 15.5 Å². The molecule has 0 aliphatic rings. The van der Waals surface area contributed by atoms with Gasteiger partial charge in [-0.25, -0.2) is 10.4 Å². The Morgan fingerprint density at radius 1 is 1.59 bits per heavy atom. The number of nitro groups is 1. The minimum Gasteiger partial charge on any atom is -0.502 e. The highest BCUT2D eigenvalue weighted by Crippen LogP contribution is 2.32. The van der Waals surface area contributed by atoms with Crippen LogP contribution in [0.15, 0.2) is 22.6 Å². The predicted molar refractivity (Wildman–Crippen MR) is 81.4 cm³/mol. The summed E-state index contributed by atoms with van der Waals surface area (Å²) in [5.74, 6) is -1.22. The third kappa shape index (κ3) is 3.48. The van der Waals surface area contributed by atoms with Crippen LogP contribution in [0.1, 0.15) is 16.1 Å². The summed E-state index contributed by atoms with van der Waals surface area (Å²) in [7, 11) is 0. The van der Waals surface area contributed by atoms with Crippen LogP contribution in [0, 0.1) is 10.1 Å². The number of benzene rings is 1. The van der Waals surface area contributed by atoms with Crippen molar-refractivity contribution in [3.8, 4) is 5.75 Å². The lowest BCUT2D eigenvalue weighted by molar-refractivity contribution is -0.385. The van der Waals surface area contributed by atoms with Crippen molar-refractivity contribution in [3.63, 3.8) is 0 Å². The number of hydrazone groups is 1. The Morgan fingerprint density at radius 3 is 2.91 bits per heavy atom. The molecular weight excluding hydrogens is 334 g/mol. The number of hydrogen-bond acceptors (Lipinski definition) is 8. The number of amides is 1. The molecule has 1 aromatic heterocycles. The number of anilines is 1. The van der Waals surface area contributed by atoms with Crippen molar-refractivity contribution in [2.45, 2.75) is 0 Å². The first-order valence-electron chi connectivity index (χ1n) is 5.60. The Labute approximate surface area is 132 Å². The van der Waals surface area contributed by atoms with Gasteiger partial charge in [0, 0.05) is 22.0 Å². The van der Waals surface area contributed by atoms with E-state index in [0.29, 0.717) is 0 Å². The fraction of sp³-hybridized carbons (Fsp3) is 0. The van der Waals surface area contributed by atoms with Gasteiger partial charge in [-0.05, 0) is 6.07 Å². The first kappa shape index (κ1) is 15.7. The van der Waals surface area contributed by atoms with Crippen molar-refractivity contribution < 1.29 is 14.8 Å². The molecule has 0 fully saturated rings. The van der Waals surface area contributed by atoms with Gasteiger partial charge in [0.15, 0.2) is 5.13 Å². The van der Waals surface area contributed by atoms with Crippen molar-refractivity contribution in [2.75, 3.05) is 5.73 Å². The van der Waals surface area contributed by atoms with Crippen molar-refractivity contribution in [3.05, 3.63) is 43.9 Å². The number of halogens is 1. The SMILES string of the molecule is Nc1nc(C(=O)N/N=C/c2cc(Cl)cc([N+](=O)[O-])c2O)cs1. The van der Waals surface area contributed by atoms with Crippen LogP contribution >= 0.6 is 22.9 Å². The van der Waals surface area contributed by atoms with E-state index in [9.17, 15) is 20.0 Å². The Kier molecular flexibility index (Phi) is 4.53. The van der Waals surface area contributed by atoms with E-state index in [-0.39, 0.29) is 21.4 Å². The molecule has 1 aromatic carbocycles. The summed E-state index contributed by atoms with van der Waals surface area (Å²) in [5.41, 5.74) is 7.05. The van der Waals surface area contributed by atoms with Gasteiger partial charge in [-0.15, -0.1) is 11.3 Å². The lowest BCUT2D eigenvalue weighted by Gasteiger charge is -2.01. The lowest BCUT2D eigenvalue weighted by Crippen LogP contribution is -2.18. The molecule has 0 radical (unpaired) electrons. The molecule has 1 amide bonds. The molecule has 0 bridgehead atoms. The van der Waals surface area contributed by atoms with Crippen molar-refractivity contribution in [1.82, 2.24) is 10.4 Å². The summed E-state index contributed by atoms with van der Waals surface area (Å²) in [4.78, 5) is 25.4.